The summed E-state index contributed by atoms with van der Waals surface area (Å²) < 4.78 is 0. The summed E-state index contributed by atoms with van der Waals surface area (Å²) in [6.45, 7) is 2.16. The lowest BCUT2D eigenvalue weighted by atomic mass is 10.1. The molecule has 1 aromatic rings. The zero-order chi connectivity index (χ0) is 19.3. The minimum Gasteiger partial charge on any atom is -0.480 e. The number of aliphatic carboxylic acids is 1. The third-order valence-corrected chi connectivity index (χ3v) is 4.59. The molecule has 0 aliphatic carbocycles. The predicted molar refractivity (Wildman–Crippen MR) is 97.1 cm³/mol. The van der Waals surface area contributed by atoms with Crippen molar-refractivity contribution in [2.24, 2.45) is 0 Å². The van der Waals surface area contributed by atoms with E-state index in [1.54, 1.807) is 23.2 Å². The van der Waals surface area contributed by atoms with Crippen LogP contribution in [0.3, 0.4) is 0 Å². The van der Waals surface area contributed by atoms with Gasteiger partial charge in [0.2, 0.25) is 5.91 Å². The van der Waals surface area contributed by atoms with Gasteiger partial charge in [0.25, 0.3) is 5.91 Å². The van der Waals surface area contributed by atoms with Gasteiger partial charge in [0.1, 0.15) is 12.4 Å². The number of aromatic nitrogens is 1. The van der Waals surface area contributed by atoms with Gasteiger partial charge < -0.3 is 19.8 Å². The van der Waals surface area contributed by atoms with E-state index in [0.717, 1.165) is 12.2 Å². The summed E-state index contributed by atoms with van der Waals surface area (Å²) in [5.41, 5.74) is 0.531. The molecule has 1 aromatic heterocycles. The van der Waals surface area contributed by atoms with Crippen molar-refractivity contribution in [1.29, 1.82) is 0 Å². The Balaban J connectivity index is 2.03. The topological polar surface area (TPSA) is 94.0 Å². The summed E-state index contributed by atoms with van der Waals surface area (Å²) in [7, 11) is 3.77. The van der Waals surface area contributed by atoms with E-state index in [-0.39, 0.29) is 24.4 Å². The number of carboxylic acids is 1. The molecule has 8 heteroatoms. The first-order chi connectivity index (χ1) is 12.3. The third-order valence-electron chi connectivity index (χ3n) is 4.59. The number of carbonyl (C=O) groups is 3. The van der Waals surface area contributed by atoms with Gasteiger partial charge in [-0.1, -0.05) is 0 Å². The van der Waals surface area contributed by atoms with Gasteiger partial charge in [-0.2, -0.15) is 0 Å². The Morgan fingerprint density at radius 2 is 1.96 bits per heavy atom. The van der Waals surface area contributed by atoms with Gasteiger partial charge in [-0.05, 0) is 31.4 Å². The van der Waals surface area contributed by atoms with E-state index >= 15 is 0 Å². The van der Waals surface area contributed by atoms with Gasteiger partial charge in [0, 0.05) is 46.3 Å². The smallest absolute Gasteiger partial charge is 0.323 e. The number of carbonyl (C=O) groups excluding carboxylic acids is 2. The van der Waals surface area contributed by atoms with Gasteiger partial charge in [-0.3, -0.25) is 14.4 Å². The predicted octanol–water partition coefficient (Wildman–Crippen LogP) is 1.08. The van der Waals surface area contributed by atoms with Crippen LogP contribution in [0, 0.1) is 0 Å². The molecule has 0 aromatic carbocycles. The Bertz CT molecular complexity index is 660. The second-order valence-electron chi connectivity index (χ2n) is 6.72. The minimum atomic E-state index is -1.02. The highest BCUT2D eigenvalue weighted by atomic mass is 16.4. The van der Waals surface area contributed by atoms with Gasteiger partial charge in [0.05, 0.1) is 5.56 Å². The molecule has 1 N–H and O–H groups in total. The molecule has 1 aliphatic heterocycles. The van der Waals surface area contributed by atoms with Crippen LogP contribution in [0.5, 0.6) is 0 Å². The highest BCUT2D eigenvalue weighted by molar-refractivity contribution is 5.94. The first-order valence-electron chi connectivity index (χ1n) is 8.71. The van der Waals surface area contributed by atoms with Gasteiger partial charge in [0.15, 0.2) is 0 Å². The zero-order valence-electron chi connectivity index (χ0n) is 15.5. The maximum absolute atomic E-state index is 12.7. The maximum Gasteiger partial charge on any atom is 0.323 e. The van der Waals surface area contributed by atoms with E-state index < -0.39 is 5.97 Å². The van der Waals surface area contributed by atoms with Crippen LogP contribution < -0.4 is 4.90 Å². The van der Waals surface area contributed by atoms with Crippen molar-refractivity contribution in [1.82, 2.24) is 14.8 Å². The van der Waals surface area contributed by atoms with Crippen LogP contribution in [0.15, 0.2) is 18.3 Å². The summed E-state index contributed by atoms with van der Waals surface area (Å²) in [4.78, 5) is 44.8. The van der Waals surface area contributed by atoms with Crippen molar-refractivity contribution in [3.63, 3.8) is 0 Å². The number of pyridine rings is 1. The van der Waals surface area contributed by atoms with E-state index in [1.807, 2.05) is 19.0 Å². The summed E-state index contributed by atoms with van der Waals surface area (Å²) in [6.07, 6.45) is 3.56. The van der Waals surface area contributed by atoms with E-state index in [0.29, 0.717) is 31.5 Å². The Kier molecular flexibility index (Phi) is 6.54. The monoisotopic (exact) mass is 362 g/mol. The first kappa shape index (κ1) is 19.7. The highest BCUT2D eigenvalue weighted by Gasteiger charge is 2.28. The van der Waals surface area contributed by atoms with Crippen molar-refractivity contribution in [3.05, 3.63) is 23.9 Å². The number of carboxylic acid groups (broad SMARTS) is 1. The fraction of sp³-hybridized carbons (Fsp3) is 0.556. The number of nitrogens with zero attached hydrogens (tertiary/aromatic N) is 4. The number of hydrogen-bond donors (Lipinski definition) is 1. The highest BCUT2D eigenvalue weighted by Crippen LogP contribution is 2.19. The molecule has 1 atom stereocenters. The Hall–Kier alpha value is -2.64. The van der Waals surface area contributed by atoms with Gasteiger partial charge in [-0.15, -0.1) is 0 Å². The molecule has 142 valence electrons. The molecule has 8 nitrogen and oxygen atoms in total. The molecule has 0 saturated carbocycles. The molecule has 0 bridgehead atoms. The molecule has 1 aliphatic rings. The average Bonchev–Trinajstić information content (AvgIpc) is 2.84. The Labute approximate surface area is 153 Å². The van der Waals surface area contributed by atoms with E-state index in [4.69, 9.17) is 5.11 Å². The van der Waals surface area contributed by atoms with Crippen molar-refractivity contribution in [2.75, 3.05) is 38.6 Å². The Morgan fingerprint density at radius 3 is 2.50 bits per heavy atom. The second-order valence-corrected chi connectivity index (χ2v) is 6.72. The summed E-state index contributed by atoms with van der Waals surface area (Å²) >= 11 is 0. The molecule has 1 saturated heterocycles. The summed E-state index contributed by atoms with van der Waals surface area (Å²) in [6, 6.07) is 3.41. The quantitative estimate of drug-likeness (QED) is 0.842. The van der Waals surface area contributed by atoms with Crippen molar-refractivity contribution in [2.45, 2.75) is 32.2 Å². The van der Waals surface area contributed by atoms with E-state index in [2.05, 4.69) is 4.98 Å². The second kappa shape index (κ2) is 8.64. The van der Waals surface area contributed by atoms with Crippen LogP contribution in [-0.4, -0.2) is 77.4 Å². The van der Waals surface area contributed by atoms with Gasteiger partial charge >= 0.3 is 5.97 Å². The largest absolute Gasteiger partial charge is 0.480 e. The fourth-order valence-corrected chi connectivity index (χ4v) is 3.20. The van der Waals surface area contributed by atoms with Crippen molar-refractivity contribution < 1.29 is 19.5 Å². The molecule has 0 radical (unpaired) electrons. The molecular weight excluding hydrogens is 336 g/mol. The molecule has 2 amide bonds. The van der Waals surface area contributed by atoms with Gasteiger partial charge in [-0.25, -0.2) is 4.98 Å². The summed E-state index contributed by atoms with van der Waals surface area (Å²) in [5, 5.41) is 9.02. The number of anilines is 1. The SMILES string of the molecule is CC(=O)N(CC(=O)O)C1CCCN(C(=O)c2ccc(N(C)C)nc2)CC1. The Morgan fingerprint density at radius 1 is 1.23 bits per heavy atom. The van der Waals surface area contributed by atoms with E-state index in [1.165, 1.54) is 11.8 Å². The third kappa shape index (κ3) is 4.93. The maximum atomic E-state index is 12.7. The molecule has 0 spiro atoms. The fourth-order valence-electron chi connectivity index (χ4n) is 3.20. The number of hydrogen-bond acceptors (Lipinski definition) is 5. The number of likely N-dealkylation sites (tertiary alicyclic amines) is 1. The average molecular weight is 362 g/mol. The standard InChI is InChI=1S/C18H26N4O4/c1-13(23)22(12-17(24)25)15-5-4-9-21(10-8-15)18(26)14-6-7-16(19-11-14)20(2)3/h6-7,11,15H,4-5,8-10,12H2,1-3H3,(H,24,25). The molecule has 26 heavy (non-hydrogen) atoms. The van der Waals surface area contributed by atoms with Crippen molar-refractivity contribution in [3.8, 4) is 0 Å². The van der Waals surface area contributed by atoms with Crippen LogP contribution in [0.1, 0.15) is 36.5 Å². The summed E-state index contributed by atoms with van der Waals surface area (Å²) in [5.74, 6) is -0.579. The molecule has 1 fully saturated rings. The lowest BCUT2D eigenvalue weighted by Crippen LogP contribution is -2.43. The minimum absolute atomic E-state index is 0.0870. The normalized spacial score (nSPS) is 17.3. The van der Waals surface area contributed by atoms with Crippen LogP contribution in [0.25, 0.3) is 0 Å². The molecule has 1 unspecified atom stereocenters. The molecule has 2 heterocycles. The first-order valence-corrected chi connectivity index (χ1v) is 8.71. The van der Waals surface area contributed by atoms with Crippen molar-refractivity contribution >= 4 is 23.6 Å². The lowest BCUT2D eigenvalue weighted by Gasteiger charge is -2.28. The lowest BCUT2D eigenvalue weighted by molar-refractivity contribution is -0.145. The van der Waals surface area contributed by atoms with Crippen LogP contribution in [0.2, 0.25) is 0 Å². The number of amides is 2. The number of rotatable bonds is 5. The molecular formula is C18H26N4O4. The van der Waals surface area contributed by atoms with Crippen LogP contribution in [-0.2, 0) is 9.59 Å². The zero-order valence-corrected chi connectivity index (χ0v) is 15.5. The molecule has 2 rings (SSSR count). The van der Waals surface area contributed by atoms with Crippen LogP contribution in [0.4, 0.5) is 5.82 Å². The van der Waals surface area contributed by atoms with Crippen LogP contribution >= 0.6 is 0 Å². The van der Waals surface area contributed by atoms with E-state index in [9.17, 15) is 14.4 Å².